The summed E-state index contributed by atoms with van der Waals surface area (Å²) in [5, 5.41) is 9.45. The molecule has 3 rings (SSSR count). The Balaban J connectivity index is 1.49. The molecule has 1 N–H and O–H groups in total. The normalized spacial score (nSPS) is 12.0. The van der Waals surface area contributed by atoms with Crippen LogP contribution in [0.15, 0.2) is 35.0 Å². The smallest absolute Gasteiger partial charge is 0.226 e. The number of thiazole rings is 2. The molecule has 1 atom stereocenters. The zero-order valence-corrected chi connectivity index (χ0v) is 17.5. The van der Waals surface area contributed by atoms with Crippen molar-refractivity contribution in [1.29, 1.82) is 0 Å². The molecular formula is C19H20ClN3O2S2. The molecule has 0 fully saturated rings. The minimum absolute atomic E-state index is 0.0657. The topological polar surface area (TPSA) is 64.1 Å². The number of hydrogen-bond acceptors (Lipinski definition) is 6. The summed E-state index contributed by atoms with van der Waals surface area (Å²) in [6.45, 7) is 4.38. The highest BCUT2D eigenvalue weighted by Crippen LogP contribution is 2.19. The monoisotopic (exact) mass is 421 g/mol. The number of aromatic nitrogens is 2. The summed E-state index contributed by atoms with van der Waals surface area (Å²) >= 11 is 8.96. The van der Waals surface area contributed by atoms with E-state index in [0.29, 0.717) is 11.6 Å². The van der Waals surface area contributed by atoms with Crippen molar-refractivity contribution in [2.45, 2.75) is 39.3 Å². The van der Waals surface area contributed by atoms with Gasteiger partial charge in [-0.3, -0.25) is 4.79 Å². The molecule has 3 aromatic rings. The molecule has 142 valence electrons. The highest BCUT2D eigenvalue weighted by Gasteiger charge is 2.14. The maximum atomic E-state index is 12.3. The number of halogens is 1. The third-order valence-electron chi connectivity index (χ3n) is 3.81. The minimum atomic E-state index is -0.111. The second kappa shape index (κ2) is 9.30. The third-order valence-corrected chi connectivity index (χ3v) is 5.94. The van der Waals surface area contributed by atoms with Gasteiger partial charge in [0.1, 0.15) is 17.4 Å². The lowest BCUT2D eigenvalue weighted by atomic mass is 10.2. The molecule has 2 aromatic heterocycles. The Morgan fingerprint density at radius 1 is 1.19 bits per heavy atom. The van der Waals surface area contributed by atoms with Gasteiger partial charge in [-0.05, 0) is 37.6 Å². The van der Waals surface area contributed by atoms with E-state index >= 15 is 0 Å². The lowest BCUT2D eigenvalue weighted by Gasteiger charge is -2.10. The van der Waals surface area contributed by atoms with Crippen LogP contribution in [-0.4, -0.2) is 15.9 Å². The molecule has 27 heavy (non-hydrogen) atoms. The Morgan fingerprint density at radius 3 is 2.63 bits per heavy atom. The van der Waals surface area contributed by atoms with Crippen molar-refractivity contribution >= 4 is 40.2 Å². The summed E-state index contributed by atoms with van der Waals surface area (Å²) in [6, 6.07) is 7.07. The van der Waals surface area contributed by atoms with Crippen molar-refractivity contribution in [2.75, 3.05) is 0 Å². The van der Waals surface area contributed by atoms with E-state index in [4.69, 9.17) is 16.3 Å². The quantitative estimate of drug-likeness (QED) is 0.566. The molecule has 1 amide bonds. The molecule has 0 bridgehead atoms. The number of amides is 1. The predicted octanol–water partition coefficient (Wildman–Crippen LogP) is 4.81. The van der Waals surface area contributed by atoms with E-state index in [1.165, 1.54) is 11.3 Å². The van der Waals surface area contributed by atoms with Crippen molar-refractivity contribution in [3.8, 4) is 5.75 Å². The minimum Gasteiger partial charge on any atom is -0.486 e. The van der Waals surface area contributed by atoms with E-state index in [1.807, 2.05) is 29.8 Å². The van der Waals surface area contributed by atoms with E-state index in [9.17, 15) is 4.79 Å². The van der Waals surface area contributed by atoms with Crippen molar-refractivity contribution in [2.24, 2.45) is 0 Å². The standard InChI is InChI=1S/C19H20ClN3O2S2/c1-3-18-23-16(11-27-18)12(2)21-17(24)8-14-10-26-19(22-14)9-25-15-6-4-13(20)5-7-15/h4-7,10-12H,3,8-9H2,1-2H3,(H,21,24). The van der Waals surface area contributed by atoms with Crippen molar-refractivity contribution in [1.82, 2.24) is 15.3 Å². The zero-order chi connectivity index (χ0) is 19.2. The van der Waals surface area contributed by atoms with Crippen molar-refractivity contribution < 1.29 is 9.53 Å². The predicted molar refractivity (Wildman–Crippen MR) is 110 cm³/mol. The maximum absolute atomic E-state index is 12.3. The average Bonchev–Trinajstić information content (AvgIpc) is 3.30. The first-order chi connectivity index (χ1) is 13.0. The first-order valence-electron chi connectivity index (χ1n) is 8.58. The van der Waals surface area contributed by atoms with Crippen LogP contribution in [0.25, 0.3) is 0 Å². The van der Waals surface area contributed by atoms with Crippen LogP contribution in [0.2, 0.25) is 5.02 Å². The fraction of sp³-hybridized carbons (Fsp3) is 0.316. The molecule has 5 nitrogen and oxygen atoms in total. The average molecular weight is 422 g/mol. The van der Waals surface area contributed by atoms with Crippen LogP contribution in [0.4, 0.5) is 0 Å². The fourth-order valence-electron chi connectivity index (χ4n) is 2.39. The molecule has 0 aliphatic rings. The molecule has 0 saturated heterocycles. The highest BCUT2D eigenvalue weighted by molar-refractivity contribution is 7.09. The number of rotatable bonds is 8. The van der Waals surface area contributed by atoms with E-state index in [0.717, 1.165) is 33.6 Å². The van der Waals surface area contributed by atoms with Gasteiger partial charge in [0.15, 0.2) is 0 Å². The lowest BCUT2D eigenvalue weighted by Crippen LogP contribution is -2.28. The summed E-state index contributed by atoms with van der Waals surface area (Å²) in [6.07, 6.45) is 1.15. The van der Waals surface area contributed by atoms with E-state index in [2.05, 4.69) is 22.2 Å². The van der Waals surface area contributed by atoms with Gasteiger partial charge in [-0.25, -0.2) is 9.97 Å². The van der Waals surface area contributed by atoms with E-state index in [-0.39, 0.29) is 18.4 Å². The first kappa shape index (κ1) is 19.8. The van der Waals surface area contributed by atoms with Crippen LogP contribution in [-0.2, 0) is 24.2 Å². The van der Waals surface area contributed by atoms with Crippen LogP contribution in [0.1, 0.15) is 41.3 Å². The largest absolute Gasteiger partial charge is 0.486 e. The summed E-state index contributed by atoms with van der Waals surface area (Å²) < 4.78 is 5.68. The molecule has 8 heteroatoms. The highest BCUT2D eigenvalue weighted by atomic mass is 35.5. The molecule has 0 spiro atoms. The molecule has 1 aromatic carbocycles. The van der Waals surface area contributed by atoms with Gasteiger partial charge in [0.2, 0.25) is 5.91 Å². The summed E-state index contributed by atoms with van der Waals surface area (Å²) in [5.41, 5.74) is 1.65. The van der Waals surface area contributed by atoms with E-state index < -0.39 is 0 Å². The SMILES string of the molecule is CCc1nc(C(C)NC(=O)Cc2csc(COc3ccc(Cl)cc3)n2)cs1. The van der Waals surface area contributed by atoms with Gasteiger partial charge in [0.05, 0.1) is 28.9 Å². The molecule has 0 aliphatic carbocycles. The number of hydrogen-bond donors (Lipinski definition) is 1. The van der Waals surface area contributed by atoms with Crippen molar-refractivity contribution in [3.05, 3.63) is 61.5 Å². The molecule has 1 unspecified atom stereocenters. The van der Waals surface area contributed by atoms with E-state index in [1.54, 1.807) is 23.5 Å². The molecule has 2 heterocycles. The summed E-state index contributed by atoms with van der Waals surface area (Å²) in [5.74, 6) is 0.668. The zero-order valence-electron chi connectivity index (χ0n) is 15.1. The fourth-order valence-corrected chi connectivity index (χ4v) is 4.06. The third kappa shape index (κ3) is 5.76. The second-order valence-corrected chi connectivity index (χ2v) is 8.28. The number of aryl methyl sites for hydroxylation is 1. The lowest BCUT2D eigenvalue weighted by molar-refractivity contribution is -0.121. The Labute approximate surface area is 171 Å². The number of carbonyl (C=O) groups excluding carboxylic acids is 1. The maximum Gasteiger partial charge on any atom is 0.226 e. The van der Waals surface area contributed by atoms with Gasteiger partial charge in [0.25, 0.3) is 0 Å². The van der Waals surface area contributed by atoms with Gasteiger partial charge in [-0.15, -0.1) is 22.7 Å². The second-order valence-electron chi connectivity index (χ2n) is 5.96. The first-order valence-corrected chi connectivity index (χ1v) is 10.7. The Hall–Kier alpha value is -1.96. The van der Waals surface area contributed by atoms with Crippen LogP contribution < -0.4 is 10.1 Å². The Kier molecular flexibility index (Phi) is 6.82. The van der Waals surface area contributed by atoms with Crippen LogP contribution >= 0.6 is 34.3 Å². The molecule has 0 saturated carbocycles. The van der Waals surface area contributed by atoms with Gasteiger partial charge >= 0.3 is 0 Å². The van der Waals surface area contributed by atoms with Gasteiger partial charge < -0.3 is 10.1 Å². The van der Waals surface area contributed by atoms with Crippen LogP contribution in [0.3, 0.4) is 0 Å². The van der Waals surface area contributed by atoms with Gasteiger partial charge in [-0.1, -0.05) is 18.5 Å². The summed E-state index contributed by atoms with van der Waals surface area (Å²) in [7, 11) is 0. The number of benzene rings is 1. The number of nitrogens with zero attached hydrogens (tertiary/aromatic N) is 2. The number of carbonyl (C=O) groups is 1. The Bertz CT molecular complexity index is 893. The van der Waals surface area contributed by atoms with Gasteiger partial charge in [-0.2, -0.15) is 0 Å². The summed E-state index contributed by atoms with van der Waals surface area (Å²) in [4.78, 5) is 21.3. The molecule has 0 aliphatic heterocycles. The van der Waals surface area contributed by atoms with Gasteiger partial charge in [0, 0.05) is 15.8 Å². The van der Waals surface area contributed by atoms with Crippen LogP contribution in [0, 0.1) is 0 Å². The number of nitrogens with one attached hydrogen (secondary N) is 1. The van der Waals surface area contributed by atoms with Crippen molar-refractivity contribution in [3.63, 3.8) is 0 Å². The molecule has 0 radical (unpaired) electrons. The molecular weight excluding hydrogens is 402 g/mol. The number of ether oxygens (including phenoxy) is 1. The van der Waals surface area contributed by atoms with Crippen LogP contribution in [0.5, 0.6) is 5.75 Å². The Morgan fingerprint density at radius 2 is 1.93 bits per heavy atom.